The van der Waals surface area contributed by atoms with Crippen LogP contribution in [0.15, 0.2) is 36.4 Å². The summed E-state index contributed by atoms with van der Waals surface area (Å²) in [4.78, 5) is 0. The molecule has 0 radical (unpaired) electrons. The molecule has 0 unspecified atom stereocenters. The monoisotopic (exact) mass is 490 g/mol. The summed E-state index contributed by atoms with van der Waals surface area (Å²) in [5.74, 6) is 3.79. The van der Waals surface area contributed by atoms with Crippen LogP contribution in [0.5, 0.6) is 11.5 Å². The molecule has 2 aromatic carbocycles. The fourth-order valence-corrected chi connectivity index (χ4v) is 2.71. The van der Waals surface area contributed by atoms with Crippen LogP contribution >= 0.6 is 0 Å². The quantitative estimate of drug-likeness (QED) is 0.444. The fourth-order valence-electron chi connectivity index (χ4n) is 2.71. The van der Waals surface area contributed by atoms with Gasteiger partial charge in [0.25, 0.3) is 0 Å². The molecule has 0 aromatic heterocycles. The van der Waals surface area contributed by atoms with E-state index >= 15 is 0 Å². The van der Waals surface area contributed by atoms with Crippen LogP contribution in [0.2, 0.25) is 0 Å². The van der Waals surface area contributed by atoms with E-state index in [4.69, 9.17) is 14.6 Å². The van der Waals surface area contributed by atoms with Crippen molar-refractivity contribution in [3.05, 3.63) is 58.7 Å². The van der Waals surface area contributed by atoms with Crippen LogP contribution in [0.4, 0.5) is 0 Å². The lowest BCUT2D eigenvalue weighted by Crippen LogP contribution is -2.00. The van der Waals surface area contributed by atoms with Gasteiger partial charge in [-0.2, -0.15) is 0 Å². The molecule has 4 heteroatoms. The highest BCUT2D eigenvalue weighted by atomic mass is 16.5. The van der Waals surface area contributed by atoms with E-state index in [2.05, 4.69) is 68.8 Å². The normalized spacial score (nSPS) is 12.8. The maximum Gasteiger partial charge on any atom is 0.122 e. The Hall–Kier alpha value is -2.04. The van der Waals surface area contributed by atoms with Crippen molar-refractivity contribution < 1.29 is 19.3 Å². The first-order valence-corrected chi connectivity index (χ1v) is 13.2. The predicted molar refractivity (Wildman–Crippen MR) is 152 cm³/mol. The van der Waals surface area contributed by atoms with Crippen LogP contribution in [0.3, 0.4) is 0 Å². The second-order valence-electron chi connectivity index (χ2n) is 8.45. The van der Waals surface area contributed by atoms with Crippen molar-refractivity contribution in [1.29, 1.82) is 0 Å². The third-order valence-electron chi connectivity index (χ3n) is 5.03. The number of aryl methyl sites for hydroxylation is 4. The molecular weight excluding hydrogens is 436 g/mol. The van der Waals surface area contributed by atoms with Crippen molar-refractivity contribution in [2.45, 2.75) is 81.1 Å². The lowest BCUT2D eigenvalue weighted by molar-refractivity contribution is 0.277. The molecule has 0 bridgehead atoms. The maximum absolute atomic E-state index is 7.00. The fraction of sp³-hybridized carbons (Fsp3) is 0.613. The van der Waals surface area contributed by atoms with Crippen LogP contribution in [-0.4, -0.2) is 39.6 Å². The number of hydrogen-bond acceptors (Lipinski definition) is 4. The van der Waals surface area contributed by atoms with Gasteiger partial charge in [0, 0.05) is 21.3 Å². The van der Waals surface area contributed by atoms with Crippen molar-refractivity contribution in [3.63, 3.8) is 0 Å². The van der Waals surface area contributed by atoms with Crippen molar-refractivity contribution >= 4 is 0 Å². The van der Waals surface area contributed by atoms with E-state index < -0.39 is 0 Å². The summed E-state index contributed by atoms with van der Waals surface area (Å²) >= 11 is 0. The Morgan fingerprint density at radius 2 is 0.914 bits per heavy atom. The smallest absolute Gasteiger partial charge is 0.122 e. The summed E-state index contributed by atoms with van der Waals surface area (Å²) in [6.07, 6.45) is 5.41. The molecule has 2 aromatic rings. The Labute approximate surface area is 217 Å². The van der Waals surface area contributed by atoms with Crippen molar-refractivity contribution in [2.24, 2.45) is 11.8 Å². The first kappa shape index (κ1) is 35.1. The first-order chi connectivity index (χ1) is 16.9. The molecule has 0 amide bonds. The zero-order valence-electron chi connectivity index (χ0n) is 24.5. The molecule has 4 nitrogen and oxygen atoms in total. The first-order valence-electron chi connectivity index (χ1n) is 13.2. The Morgan fingerprint density at radius 1 is 0.629 bits per heavy atom. The van der Waals surface area contributed by atoms with Gasteiger partial charge in [-0.05, 0) is 99.6 Å². The summed E-state index contributed by atoms with van der Waals surface area (Å²) in [7, 11) is 4.25. The van der Waals surface area contributed by atoms with E-state index in [9.17, 15) is 0 Å². The highest BCUT2D eigenvalue weighted by molar-refractivity contribution is 5.36. The third kappa shape index (κ3) is 18.0. The third-order valence-corrected chi connectivity index (χ3v) is 5.03. The molecule has 0 spiro atoms. The lowest BCUT2D eigenvalue weighted by atomic mass is 10.1. The zero-order chi connectivity index (χ0) is 27.2. The number of rotatable bonds is 6. The second-order valence-corrected chi connectivity index (χ2v) is 8.45. The summed E-state index contributed by atoms with van der Waals surface area (Å²) in [5.41, 5.74) is 5.03. The average Bonchev–Trinajstić information content (AvgIpc) is 3.80. The van der Waals surface area contributed by atoms with Gasteiger partial charge >= 0.3 is 0 Å². The van der Waals surface area contributed by atoms with Crippen molar-refractivity contribution in [2.75, 3.05) is 34.5 Å². The number of ether oxygens (including phenoxy) is 3. The second kappa shape index (κ2) is 22.4. The van der Waals surface area contributed by atoms with Gasteiger partial charge in [-0.25, -0.2) is 0 Å². The van der Waals surface area contributed by atoms with Gasteiger partial charge in [0.1, 0.15) is 11.5 Å². The zero-order valence-corrected chi connectivity index (χ0v) is 24.5. The number of methoxy groups -OCH3 is 1. The van der Waals surface area contributed by atoms with Crippen LogP contribution in [0, 0.1) is 39.5 Å². The number of hydrogen-bond donors (Lipinski definition) is 1. The topological polar surface area (TPSA) is 47.9 Å². The van der Waals surface area contributed by atoms with Crippen molar-refractivity contribution in [3.8, 4) is 11.5 Å². The molecule has 2 saturated carbocycles. The SMILES string of the molecule is CC.CC.CO.COC.Cc1ccc(C)c(OCC2CC2)c1.Cc1ccc(C)c(OCC2CC2)c1. The van der Waals surface area contributed by atoms with E-state index in [-0.39, 0.29) is 0 Å². The molecule has 35 heavy (non-hydrogen) atoms. The Bertz CT molecular complexity index is 686. The van der Waals surface area contributed by atoms with E-state index in [1.807, 2.05) is 27.7 Å². The average molecular weight is 491 g/mol. The molecule has 2 aliphatic rings. The molecule has 202 valence electrons. The Balaban J connectivity index is 0. The van der Waals surface area contributed by atoms with Gasteiger partial charge in [0.05, 0.1) is 13.2 Å². The minimum atomic E-state index is 0.833. The van der Waals surface area contributed by atoms with Gasteiger partial charge in [-0.3, -0.25) is 0 Å². The molecule has 4 rings (SSSR count). The highest BCUT2D eigenvalue weighted by Crippen LogP contribution is 2.31. The van der Waals surface area contributed by atoms with E-state index in [1.165, 1.54) is 47.9 Å². The van der Waals surface area contributed by atoms with Crippen molar-refractivity contribution in [1.82, 2.24) is 0 Å². The number of aliphatic hydroxyl groups excluding tert-OH is 1. The molecule has 2 aliphatic carbocycles. The van der Waals surface area contributed by atoms with E-state index in [0.717, 1.165) is 43.7 Å². The Morgan fingerprint density at radius 3 is 1.17 bits per heavy atom. The van der Waals surface area contributed by atoms with Gasteiger partial charge in [-0.1, -0.05) is 52.0 Å². The van der Waals surface area contributed by atoms with Gasteiger partial charge in [0.15, 0.2) is 0 Å². The molecule has 0 heterocycles. The van der Waals surface area contributed by atoms with Crippen LogP contribution in [0.1, 0.15) is 75.6 Å². The molecule has 2 fully saturated rings. The molecule has 0 saturated heterocycles. The molecular formula is C31H54O4. The highest BCUT2D eigenvalue weighted by Gasteiger charge is 2.22. The molecule has 0 atom stereocenters. The minimum Gasteiger partial charge on any atom is -0.493 e. The van der Waals surface area contributed by atoms with Crippen LogP contribution < -0.4 is 9.47 Å². The number of benzene rings is 2. The van der Waals surface area contributed by atoms with E-state index in [1.54, 1.807) is 14.2 Å². The minimum absolute atomic E-state index is 0.833. The standard InChI is InChI=1S/2C12H16O.C2H6O.2C2H6.CH4O/c2*1-9-3-4-10(2)12(7-9)13-8-11-5-6-11;1-3-2;3*1-2/h2*3-4,7,11H,5-6,8H2,1-2H3;1-2H3;2*1-2H3;2H,1H3. The number of aliphatic hydroxyl groups is 1. The summed E-state index contributed by atoms with van der Waals surface area (Å²) in [5, 5.41) is 7.00. The van der Waals surface area contributed by atoms with Crippen LogP contribution in [-0.2, 0) is 4.74 Å². The van der Waals surface area contributed by atoms with Crippen LogP contribution in [0.25, 0.3) is 0 Å². The van der Waals surface area contributed by atoms with Gasteiger partial charge in [0.2, 0.25) is 0 Å². The largest absolute Gasteiger partial charge is 0.493 e. The lowest BCUT2D eigenvalue weighted by Gasteiger charge is -2.08. The maximum atomic E-state index is 7.00. The van der Waals surface area contributed by atoms with E-state index in [0.29, 0.717) is 0 Å². The molecule has 0 aliphatic heterocycles. The van der Waals surface area contributed by atoms with Gasteiger partial charge in [-0.15, -0.1) is 0 Å². The van der Waals surface area contributed by atoms with Gasteiger partial charge < -0.3 is 19.3 Å². The summed E-state index contributed by atoms with van der Waals surface area (Å²) in [6, 6.07) is 12.7. The predicted octanol–water partition coefficient (Wildman–Crippen LogP) is 8.11. The summed E-state index contributed by atoms with van der Waals surface area (Å²) < 4.78 is 15.7. The molecule has 1 N–H and O–H groups in total. The summed E-state index contributed by atoms with van der Waals surface area (Å²) in [6.45, 7) is 18.2. The Kier molecular flexibility index (Phi) is 22.5.